The highest BCUT2D eigenvalue weighted by atomic mass is 32.2. The zero-order valence-electron chi connectivity index (χ0n) is 18.1. The van der Waals surface area contributed by atoms with E-state index in [4.69, 9.17) is 10.5 Å². The Kier molecular flexibility index (Phi) is 7.14. The predicted molar refractivity (Wildman–Crippen MR) is 124 cm³/mol. The Hall–Kier alpha value is -3.70. The van der Waals surface area contributed by atoms with Gasteiger partial charge in [0.1, 0.15) is 5.82 Å². The van der Waals surface area contributed by atoms with Gasteiger partial charge in [0.25, 0.3) is 11.5 Å². The molecule has 2 aromatic carbocycles. The number of hydrogen-bond donors (Lipinski definition) is 2. The minimum absolute atomic E-state index is 0.0417. The zero-order valence-corrected chi connectivity index (χ0v) is 19.0. The Morgan fingerprint density at radius 1 is 1.12 bits per heavy atom. The van der Waals surface area contributed by atoms with Gasteiger partial charge in [-0.2, -0.15) is 0 Å². The van der Waals surface area contributed by atoms with Crippen molar-refractivity contribution in [2.24, 2.45) is 0 Å². The smallest absolute Gasteiger partial charge is 0.330 e. The second kappa shape index (κ2) is 9.84. The quantitative estimate of drug-likeness (QED) is 0.498. The maximum atomic E-state index is 13.6. The number of aromatic nitrogens is 2. The number of rotatable bonds is 8. The zero-order chi connectivity index (χ0) is 24.2. The molecule has 0 saturated carbocycles. The topological polar surface area (TPSA) is 145 Å². The molecule has 0 spiro atoms. The number of carbonyl (C=O) groups is 1. The summed E-state index contributed by atoms with van der Waals surface area (Å²) in [6.07, 6.45) is 1.03. The van der Waals surface area contributed by atoms with Gasteiger partial charge in [-0.15, -0.1) is 0 Å². The Bertz CT molecular complexity index is 1380. The van der Waals surface area contributed by atoms with Crippen molar-refractivity contribution in [1.82, 2.24) is 9.55 Å². The van der Waals surface area contributed by atoms with E-state index in [0.29, 0.717) is 5.56 Å². The van der Waals surface area contributed by atoms with Gasteiger partial charge in [-0.1, -0.05) is 36.4 Å². The van der Waals surface area contributed by atoms with Crippen LogP contribution >= 0.6 is 0 Å². The first kappa shape index (κ1) is 24.0. The van der Waals surface area contributed by atoms with E-state index in [1.165, 1.54) is 31.4 Å². The lowest BCUT2D eigenvalue weighted by molar-refractivity contribution is 0.0984. The summed E-state index contributed by atoms with van der Waals surface area (Å²) in [5.41, 5.74) is 5.14. The Labute approximate surface area is 190 Å². The normalized spacial score (nSPS) is 11.3. The molecule has 0 fully saturated rings. The monoisotopic (exact) mass is 472 g/mol. The first-order valence-electron chi connectivity index (χ1n) is 9.91. The number of amides is 1. The molecule has 0 aliphatic heterocycles. The van der Waals surface area contributed by atoms with Crippen LogP contribution < -0.4 is 21.9 Å². The summed E-state index contributed by atoms with van der Waals surface area (Å²) in [4.78, 5) is 41.9. The molecule has 0 unspecified atom stereocenters. The summed E-state index contributed by atoms with van der Waals surface area (Å²) >= 11 is 0. The molecular weight excluding hydrogens is 448 g/mol. The van der Waals surface area contributed by atoms with E-state index in [1.807, 2.05) is 0 Å². The molecule has 0 bridgehead atoms. The molecule has 33 heavy (non-hydrogen) atoms. The van der Waals surface area contributed by atoms with Gasteiger partial charge in [0.2, 0.25) is 0 Å². The van der Waals surface area contributed by atoms with Gasteiger partial charge in [0.15, 0.2) is 15.5 Å². The molecule has 1 amide bonds. The van der Waals surface area contributed by atoms with Gasteiger partial charge in [-0.25, -0.2) is 13.2 Å². The fourth-order valence-electron chi connectivity index (χ4n) is 3.28. The predicted octanol–water partition coefficient (Wildman–Crippen LogP) is 1.02. The molecule has 0 saturated heterocycles. The van der Waals surface area contributed by atoms with Crippen LogP contribution in [-0.4, -0.2) is 43.8 Å². The second-order valence-electron chi connectivity index (χ2n) is 7.31. The Morgan fingerprint density at radius 3 is 2.45 bits per heavy atom. The van der Waals surface area contributed by atoms with Crippen molar-refractivity contribution >= 4 is 27.2 Å². The lowest BCUT2D eigenvalue weighted by Gasteiger charge is -2.25. The van der Waals surface area contributed by atoms with Crippen molar-refractivity contribution in [3.05, 3.63) is 86.6 Å². The van der Waals surface area contributed by atoms with E-state index < -0.39 is 27.0 Å². The Balaban J connectivity index is 2.19. The number of hydrogen-bond acceptors (Lipinski definition) is 7. The van der Waals surface area contributed by atoms with E-state index in [0.717, 1.165) is 15.7 Å². The van der Waals surface area contributed by atoms with Crippen LogP contribution in [0.4, 0.5) is 11.5 Å². The molecule has 0 radical (unpaired) electrons. The number of anilines is 2. The fourth-order valence-corrected chi connectivity index (χ4v) is 3.94. The number of nitrogen functional groups attached to an aromatic ring is 1. The SMILES string of the molecule is COCCn1c(N)c(N(Cc2ccccc2)C(=O)c2cccc(S(C)(=O)=O)c2)c(=O)[nH]c1=O. The highest BCUT2D eigenvalue weighted by Gasteiger charge is 2.26. The molecule has 10 nitrogen and oxygen atoms in total. The Morgan fingerprint density at radius 2 is 1.82 bits per heavy atom. The molecule has 1 aromatic heterocycles. The number of aromatic amines is 1. The number of H-pyrrole nitrogens is 1. The lowest BCUT2D eigenvalue weighted by Crippen LogP contribution is -2.41. The van der Waals surface area contributed by atoms with Gasteiger partial charge >= 0.3 is 5.69 Å². The summed E-state index contributed by atoms with van der Waals surface area (Å²) in [6.45, 7) is 0.166. The number of nitrogens with two attached hydrogens (primary N) is 1. The van der Waals surface area contributed by atoms with Crippen LogP contribution in [0.5, 0.6) is 0 Å². The highest BCUT2D eigenvalue weighted by molar-refractivity contribution is 7.90. The van der Waals surface area contributed by atoms with Crippen LogP contribution in [0.1, 0.15) is 15.9 Å². The molecule has 1 heterocycles. The minimum atomic E-state index is -3.57. The average Bonchev–Trinajstić information content (AvgIpc) is 2.78. The first-order valence-corrected chi connectivity index (χ1v) is 11.8. The number of nitrogens with one attached hydrogen (secondary N) is 1. The van der Waals surface area contributed by atoms with Crippen LogP contribution in [0.2, 0.25) is 0 Å². The molecule has 3 rings (SSSR count). The number of sulfone groups is 1. The number of nitrogens with zero attached hydrogens (tertiary/aromatic N) is 2. The lowest BCUT2D eigenvalue weighted by atomic mass is 10.1. The number of methoxy groups -OCH3 is 1. The van der Waals surface area contributed by atoms with Gasteiger partial charge in [-0.05, 0) is 23.8 Å². The van der Waals surface area contributed by atoms with Crippen molar-refractivity contribution in [1.29, 1.82) is 0 Å². The van der Waals surface area contributed by atoms with Gasteiger partial charge in [0.05, 0.1) is 24.6 Å². The molecule has 11 heteroatoms. The van der Waals surface area contributed by atoms with Crippen molar-refractivity contribution in [3.8, 4) is 0 Å². The minimum Gasteiger partial charge on any atom is -0.383 e. The summed E-state index contributed by atoms with van der Waals surface area (Å²) in [7, 11) is -2.12. The third-order valence-electron chi connectivity index (χ3n) is 4.94. The standard InChI is InChI=1S/C22H24N4O6S/c1-32-12-11-25-19(23)18(20(27)24-22(25)29)26(14-15-7-4-3-5-8-15)21(28)16-9-6-10-17(13-16)33(2,30)31/h3-10,13H,11-12,14,23H2,1-2H3,(H,24,27,29). The fraction of sp³-hybridized carbons (Fsp3) is 0.227. The second-order valence-corrected chi connectivity index (χ2v) is 9.33. The summed E-state index contributed by atoms with van der Waals surface area (Å²) in [5.74, 6) is -0.858. The summed E-state index contributed by atoms with van der Waals surface area (Å²) in [6, 6.07) is 14.4. The van der Waals surface area contributed by atoms with Gasteiger partial charge < -0.3 is 10.5 Å². The van der Waals surface area contributed by atoms with Crippen molar-refractivity contribution in [2.45, 2.75) is 18.0 Å². The van der Waals surface area contributed by atoms with E-state index in [-0.39, 0.29) is 41.7 Å². The van der Waals surface area contributed by atoms with Gasteiger partial charge in [0, 0.05) is 18.9 Å². The van der Waals surface area contributed by atoms with Crippen LogP contribution in [0.15, 0.2) is 69.1 Å². The first-order chi connectivity index (χ1) is 15.6. The van der Waals surface area contributed by atoms with Crippen LogP contribution in [0.3, 0.4) is 0 Å². The van der Waals surface area contributed by atoms with E-state index in [9.17, 15) is 22.8 Å². The maximum absolute atomic E-state index is 13.6. The summed E-state index contributed by atoms with van der Waals surface area (Å²) < 4.78 is 30.1. The van der Waals surface area contributed by atoms with Crippen molar-refractivity contribution < 1.29 is 17.9 Å². The number of ether oxygens (including phenoxy) is 1. The van der Waals surface area contributed by atoms with Crippen LogP contribution in [0, 0.1) is 0 Å². The molecular formula is C22H24N4O6S. The van der Waals surface area contributed by atoms with Crippen LogP contribution in [0.25, 0.3) is 0 Å². The average molecular weight is 473 g/mol. The molecule has 174 valence electrons. The molecule has 0 aliphatic rings. The van der Waals surface area contributed by atoms with Gasteiger partial charge in [-0.3, -0.25) is 24.0 Å². The van der Waals surface area contributed by atoms with E-state index in [1.54, 1.807) is 30.3 Å². The largest absolute Gasteiger partial charge is 0.383 e. The van der Waals surface area contributed by atoms with Crippen molar-refractivity contribution in [2.75, 3.05) is 30.6 Å². The van der Waals surface area contributed by atoms with E-state index in [2.05, 4.69) is 4.98 Å². The highest BCUT2D eigenvalue weighted by Crippen LogP contribution is 2.23. The maximum Gasteiger partial charge on any atom is 0.330 e. The summed E-state index contributed by atoms with van der Waals surface area (Å²) in [5, 5.41) is 0. The molecule has 0 aliphatic carbocycles. The molecule has 0 atom stereocenters. The number of carbonyl (C=O) groups excluding carboxylic acids is 1. The number of benzene rings is 2. The van der Waals surface area contributed by atoms with Crippen LogP contribution in [-0.2, 0) is 27.7 Å². The van der Waals surface area contributed by atoms with Crippen molar-refractivity contribution in [3.63, 3.8) is 0 Å². The van der Waals surface area contributed by atoms with E-state index >= 15 is 0 Å². The molecule has 3 N–H and O–H groups in total. The third kappa shape index (κ3) is 5.38. The molecule has 3 aromatic rings. The third-order valence-corrected chi connectivity index (χ3v) is 6.05.